The maximum atomic E-state index is 12.2. The van der Waals surface area contributed by atoms with Crippen LogP contribution in [0, 0.1) is 0 Å². The number of rotatable bonds is 5. The third kappa shape index (κ3) is 3.22. The number of imidazole rings is 1. The Bertz CT molecular complexity index is 517. The first kappa shape index (κ1) is 13.3. The maximum Gasteiger partial charge on any atom is 0.253 e. The van der Waals surface area contributed by atoms with Crippen LogP contribution in [0.1, 0.15) is 30.1 Å². The number of carbonyl (C=O) groups excluding carboxylic acids is 1. The van der Waals surface area contributed by atoms with Gasteiger partial charge < -0.3 is 9.47 Å². The fourth-order valence-corrected chi connectivity index (χ4v) is 1.91. The Morgan fingerprint density at radius 2 is 2.05 bits per heavy atom. The summed E-state index contributed by atoms with van der Waals surface area (Å²) in [7, 11) is 1.85. The van der Waals surface area contributed by atoms with Crippen molar-refractivity contribution in [1.29, 1.82) is 0 Å². The third-order valence-corrected chi connectivity index (χ3v) is 3.11. The van der Waals surface area contributed by atoms with Gasteiger partial charge in [-0.1, -0.05) is 13.3 Å². The van der Waals surface area contributed by atoms with Gasteiger partial charge in [-0.2, -0.15) is 0 Å². The Kier molecular flexibility index (Phi) is 4.34. The van der Waals surface area contributed by atoms with Gasteiger partial charge in [0.15, 0.2) is 0 Å². The highest BCUT2D eigenvalue weighted by molar-refractivity contribution is 5.94. The smallest absolute Gasteiger partial charge is 0.253 e. The molecule has 0 saturated carbocycles. The van der Waals surface area contributed by atoms with E-state index in [-0.39, 0.29) is 5.91 Å². The van der Waals surface area contributed by atoms with Gasteiger partial charge in [0.1, 0.15) is 0 Å². The molecule has 2 aromatic rings. The van der Waals surface area contributed by atoms with Crippen molar-refractivity contribution in [3.8, 4) is 5.69 Å². The molecule has 1 heterocycles. The zero-order chi connectivity index (χ0) is 13.7. The quantitative estimate of drug-likeness (QED) is 0.826. The van der Waals surface area contributed by atoms with E-state index in [1.54, 1.807) is 17.4 Å². The molecule has 0 aliphatic rings. The summed E-state index contributed by atoms with van der Waals surface area (Å²) in [6, 6.07) is 7.59. The molecule has 1 aromatic heterocycles. The molecule has 2 rings (SSSR count). The second kappa shape index (κ2) is 6.18. The standard InChI is InChI=1S/C15H19N3O/c1-3-4-10-17(2)15(19)13-5-7-14(8-6-13)18-11-9-16-12-18/h5-9,11-12H,3-4,10H2,1-2H3. The fourth-order valence-electron chi connectivity index (χ4n) is 1.91. The van der Waals surface area contributed by atoms with Crippen molar-refractivity contribution in [1.82, 2.24) is 14.5 Å². The summed E-state index contributed by atoms with van der Waals surface area (Å²) in [5, 5.41) is 0. The molecule has 0 saturated heterocycles. The molecule has 0 radical (unpaired) electrons. The normalized spacial score (nSPS) is 10.4. The van der Waals surface area contributed by atoms with E-state index in [2.05, 4.69) is 11.9 Å². The van der Waals surface area contributed by atoms with E-state index in [0.29, 0.717) is 0 Å². The molecule has 0 aliphatic carbocycles. The molecular weight excluding hydrogens is 238 g/mol. The monoisotopic (exact) mass is 257 g/mol. The predicted octanol–water partition coefficient (Wildman–Crippen LogP) is 2.74. The molecule has 19 heavy (non-hydrogen) atoms. The van der Waals surface area contributed by atoms with Crippen molar-refractivity contribution in [2.75, 3.05) is 13.6 Å². The van der Waals surface area contributed by atoms with E-state index in [0.717, 1.165) is 30.6 Å². The van der Waals surface area contributed by atoms with Gasteiger partial charge in [-0.15, -0.1) is 0 Å². The molecule has 0 unspecified atom stereocenters. The minimum Gasteiger partial charge on any atom is -0.342 e. The van der Waals surface area contributed by atoms with Crippen molar-refractivity contribution >= 4 is 5.91 Å². The fraction of sp³-hybridized carbons (Fsp3) is 0.333. The molecule has 0 N–H and O–H groups in total. The summed E-state index contributed by atoms with van der Waals surface area (Å²) in [6.45, 7) is 2.93. The van der Waals surface area contributed by atoms with E-state index in [1.165, 1.54) is 0 Å². The first-order valence-electron chi connectivity index (χ1n) is 6.56. The summed E-state index contributed by atoms with van der Waals surface area (Å²) in [4.78, 5) is 17.9. The van der Waals surface area contributed by atoms with E-state index >= 15 is 0 Å². The van der Waals surface area contributed by atoms with Crippen LogP contribution in [0.2, 0.25) is 0 Å². The second-order valence-electron chi connectivity index (χ2n) is 4.60. The molecule has 1 aromatic carbocycles. The number of carbonyl (C=O) groups is 1. The molecule has 4 heteroatoms. The Labute approximate surface area is 113 Å². The van der Waals surface area contributed by atoms with Gasteiger partial charge in [0.05, 0.1) is 6.33 Å². The molecule has 0 bridgehead atoms. The van der Waals surface area contributed by atoms with Gasteiger partial charge in [0.25, 0.3) is 5.91 Å². The Morgan fingerprint density at radius 3 is 2.63 bits per heavy atom. The average Bonchev–Trinajstić information content (AvgIpc) is 2.98. The molecule has 0 spiro atoms. The van der Waals surface area contributed by atoms with Gasteiger partial charge in [-0.25, -0.2) is 4.98 Å². The highest BCUT2D eigenvalue weighted by Gasteiger charge is 2.10. The van der Waals surface area contributed by atoms with E-state index < -0.39 is 0 Å². The molecular formula is C15H19N3O. The van der Waals surface area contributed by atoms with E-state index in [4.69, 9.17) is 0 Å². The summed E-state index contributed by atoms with van der Waals surface area (Å²) >= 11 is 0. The predicted molar refractivity (Wildman–Crippen MR) is 75.4 cm³/mol. The SMILES string of the molecule is CCCCN(C)C(=O)c1ccc(-n2ccnc2)cc1. The van der Waals surface area contributed by atoms with Crippen LogP contribution in [0.4, 0.5) is 0 Å². The highest BCUT2D eigenvalue weighted by Crippen LogP contribution is 2.11. The van der Waals surface area contributed by atoms with Gasteiger partial charge in [-0.3, -0.25) is 4.79 Å². The Hall–Kier alpha value is -2.10. The second-order valence-corrected chi connectivity index (χ2v) is 4.60. The van der Waals surface area contributed by atoms with E-state index in [9.17, 15) is 4.79 Å². The van der Waals surface area contributed by atoms with Crippen molar-refractivity contribution in [3.63, 3.8) is 0 Å². The Morgan fingerprint density at radius 1 is 1.32 bits per heavy atom. The van der Waals surface area contributed by atoms with Crippen LogP contribution in [-0.4, -0.2) is 34.0 Å². The number of amides is 1. The topological polar surface area (TPSA) is 38.1 Å². The summed E-state index contributed by atoms with van der Waals surface area (Å²) < 4.78 is 1.91. The lowest BCUT2D eigenvalue weighted by atomic mass is 10.1. The Balaban J connectivity index is 2.08. The van der Waals surface area contributed by atoms with E-state index in [1.807, 2.05) is 42.1 Å². The van der Waals surface area contributed by atoms with Crippen LogP contribution in [0.25, 0.3) is 5.69 Å². The van der Waals surface area contributed by atoms with Crippen molar-refractivity contribution in [2.24, 2.45) is 0 Å². The minimum atomic E-state index is 0.0747. The van der Waals surface area contributed by atoms with Gasteiger partial charge in [-0.05, 0) is 30.7 Å². The van der Waals surface area contributed by atoms with Crippen molar-refractivity contribution < 1.29 is 4.79 Å². The molecule has 0 atom stereocenters. The highest BCUT2D eigenvalue weighted by atomic mass is 16.2. The maximum absolute atomic E-state index is 12.2. The number of hydrogen-bond acceptors (Lipinski definition) is 2. The number of nitrogens with zero attached hydrogens (tertiary/aromatic N) is 3. The van der Waals surface area contributed by atoms with Crippen LogP contribution in [0.15, 0.2) is 43.0 Å². The molecule has 1 amide bonds. The van der Waals surface area contributed by atoms with Crippen molar-refractivity contribution in [3.05, 3.63) is 48.5 Å². The average molecular weight is 257 g/mol. The number of benzene rings is 1. The number of hydrogen-bond donors (Lipinski definition) is 0. The molecule has 4 nitrogen and oxygen atoms in total. The zero-order valence-corrected chi connectivity index (χ0v) is 11.4. The lowest BCUT2D eigenvalue weighted by Crippen LogP contribution is -2.27. The summed E-state index contributed by atoms with van der Waals surface area (Å²) in [5.74, 6) is 0.0747. The first-order valence-corrected chi connectivity index (χ1v) is 6.56. The molecule has 0 fully saturated rings. The lowest BCUT2D eigenvalue weighted by molar-refractivity contribution is 0.0793. The lowest BCUT2D eigenvalue weighted by Gasteiger charge is -2.16. The van der Waals surface area contributed by atoms with Crippen LogP contribution in [0.5, 0.6) is 0 Å². The summed E-state index contributed by atoms with van der Waals surface area (Å²) in [6.07, 6.45) is 7.48. The molecule has 0 aliphatic heterocycles. The third-order valence-electron chi connectivity index (χ3n) is 3.11. The van der Waals surface area contributed by atoms with Crippen LogP contribution >= 0.6 is 0 Å². The zero-order valence-electron chi connectivity index (χ0n) is 11.4. The van der Waals surface area contributed by atoms with Crippen LogP contribution in [-0.2, 0) is 0 Å². The summed E-state index contributed by atoms with van der Waals surface area (Å²) in [5.41, 5.74) is 1.73. The van der Waals surface area contributed by atoms with Gasteiger partial charge >= 0.3 is 0 Å². The largest absolute Gasteiger partial charge is 0.342 e. The molecule has 100 valence electrons. The van der Waals surface area contributed by atoms with Gasteiger partial charge in [0.2, 0.25) is 0 Å². The van der Waals surface area contributed by atoms with Gasteiger partial charge in [0, 0.05) is 37.2 Å². The number of aromatic nitrogens is 2. The van der Waals surface area contributed by atoms with Crippen molar-refractivity contribution in [2.45, 2.75) is 19.8 Å². The minimum absolute atomic E-state index is 0.0747. The number of unbranched alkanes of at least 4 members (excludes halogenated alkanes) is 1. The van der Waals surface area contributed by atoms with Crippen LogP contribution < -0.4 is 0 Å². The first-order chi connectivity index (χ1) is 9.22. The van der Waals surface area contributed by atoms with Crippen LogP contribution in [0.3, 0.4) is 0 Å².